The number of amides is 5. The molecule has 12 heteroatoms. The maximum Gasteiger partial charge on any atom is 0.267 e. The van der Waals surface area contributed by atoms with Crippen molar-refractivity contribution in [2.75, 3.05) is 36.4 Å². The van der Waals surface area contributed by atoms with Crippen LogP contribution in [-0.2, 0) is 22.7 Å². The van der Waals surface area contributed by atoms with Crippen LogP contribution in [0.1, 0.15) is 55.2 Å². The molecule has 0 bridgehead atoms. The third-order valence-corrected chi connectivity index (χ3v) is 8.12. The van der Waals surface area contributed by atoms with E-state index in [9.17, 15) is 24.0 Å². The van der Waals surface area contributed by atoms with Crippen LogP contribution in [0.5, 0.6) is 0 Å². The number of nitrogens with two attached hydrogens (primary N) is 1. The monoisotopic (exact) mass is 581 g/mol. The van der Waals surface area contributed by atoms with E-state index in [2.05, 4.69) is 37.6 Å². The number of hydrogen-bond donors (Lipinski definition) is 3. The lowest BCUT2D eigenvalue weighted by Crippen LogP contribution is -2.54. The highest BCUT2D eigenvalue weighted by molar-refractivity contribution is 6.25. The van der Waals surface area contributed by atoms with Crippen LogP contribution in [0.4, 0.5) is 11.4 Å². The lowest BCUT2D eigenvalue weighted by Gasteiger charge is -2.36. The van der Waals surface area contributed by atoms with Crippen molar-refractivity contribution >= 4 is 40.9 Å². The molecule has 0 spiro atoms. The average Bonchev–Trinajstić information content (AvgIpc) is 3.27. The highest BCUT2D eigenvalue weighted by atomic mass is 16.2. The van der Waals surface area contributed by atoms with Gasteiger partial charge in [-0.3, -0.25) is 39.1 Å². The molecular weight excluding hydrogens is 550 g/mol. The first-order valence-electron chi connectivity index (χ1n) is 14.2. The van der Waals surface area contributed by atoms with Crippen molar-refractivity contribution in [3.05, 3.63) is 88.7 Å². The summed E-state index contributed by atoms with van der Waals surface area (Å²) in [5, 5.41) is 5.50. The lowest BCUT2D eigenvalue weighted by atomic mass is 10.0. The molecule has 43 heavy (non-hydrogen) atoms. The molecule has 4 heterocycles. The number of anilines is 2. The lowest BCUT2D eigenvalue weighted by molar-refractivity contribution is -0.136. The summed E-state index contributed by atoms with van der Waals surface area (Å²) in [5.74, 6) is -2.63. The van der Waals surface area contributed by atoms with Gasteiger partial charge < -0.3 is 16.0 Å². The molecule has 0 aliphatic carbocycles. The number of nitrogens with one attached hydrogen (secondary N) is 2. The fourth-order valence-corrected chi connectivity index (χ4v) is 5.76. The summed E-state index contributed by atoms with van der Waals surface area (Å²) in [4.78, 5) is 71.3. The van der Waals surface area contributed by atoms with E-state index in [1.165, 1.54) is 5.56 Å². The molecule has 2 saturated heterocycles. The van der Waals surface area contributed by atoms with Crippen molar-refractivity contribution in [1.29, 1.82) is 0 Å². The van der Waals surface area contributed by atoms with Gasteiger partial charge in [-0.1, -0.05) is 30.3 Å². The van der Waals surface area contributed by atoms with Crippen molar-refractivity contribution in [3.8, 4) is 0 Å². The zero-order valence-corrected chi connectivity index (χ0v) is 23.4. The quantitative estimate of drug-likeness (QED) is 0.335. The predicted octanol–water partition coefficient (Wildman–Crippen LogP) is 1.52. The van der Waals surface area contributed by atoms with E-state index in [4.69, 9.17) is 5.73 Å². The molecule has 3 aliphatic heterocycles. The Bertz CT molecular complexity index is 1600. The van der Waals surface area contributed by atoms with Crippen molar-refractivity contribution in [2.45, 2.75) is 32.0 Å². The predicted molar refractivity (Wildman–Crippen MR) is 157 cm³/mol. The summed E-state index contributed by atoms with van der Waals surface area (Å²) in [6, 6.07) is 15.8. The number of pyridine rings is 1. The van der Waals surface area contributed by atoms with E-state index >= 15 is 0 Å². The summed E-state index contributed by atoms with van der Waals surface area (Å²) >= 11 is 0. The Morgan fingerprint density at radius 1 is 0.930 bits per heavy atom. The molecule has 3 aromatic rings. The number of benzene rings is 2. The molecule has 2 aromatic carbocycles. The Hall–Kier alpha value is -5.10. The summed E-state index contributed by atoms with van der Waals surface area (Å²) in [6.45, 7) is 4.74. The van der Waals surface area contributed by atoms with Crippen LogP contribution in [-0.4, -0.2) is 76.5 Å². The van der Waals surface area contributed by atoms with E-state index in [-0.39, 0.29) is 29.7 Å². The van der Waals surface area contributed by atoms with Gasteiger partial charge in [0.1, 0.15) is 11.7 Å². The number of rotatable bonds is 8. The van der Waals surface area contributed by atoms with E-state index in [1.54, 1.807) is 30.5 Å². The molecule has 3 aliphatic rings. The summed E-state index contributed by atoms with van der Waals surface area (Å²) < 4.78 is 0. The second-order valence-electron chi connectivity index (χ2n) is 10.9. The second kappa shape index (κ2) is 11.6. The van der Waals surface area contributed by atoms with E-state index in [1.807, 2.05) is 18.2 Å². The maximum atomic E-state index is 13.3. The third-order valence-electron chi connectivity index (χ3n) is 8.12. The Morgan fingerprint density at radius 2 is 1.67 bits per heavy atom. The van der Waals surface area contributed by atoms with Gasteiger partial charge >= 0.3 is 0 Å². The van der Waals surface area contributed by atoms with Crippen LogP contribution >= 0.6 is 0 Å². The molecule has 1 atom stereocenters. The number of nitrogens with zero attached hydrogens (tertiary/aromatic N) is 4. The second-order valence-corrected chi connectivity index (χ2v) is 10.9. The van der Waals surface area contributed by atoms with Gasteiger partial charge in [0, 0.05) is 51.4 Å². The zero-order chi connectivity index (χ0) is 30.1. The number of imide groups is 2. The highest BCUT2D eigenvalue weighted by Crippen LogP contribution is 2.32. The Balaban J connectivity index is 1.04. The van der Waals surface area contributed by atoms with Crippen molar-refractivity contribution in [3.63, 3.8) is 0 Å². The molecule has 0 radical (unpaired) electrons. The molecule has 0 saturated carbocycles. The number of aromatic nitrogens is 1. The third kappa shape index (κ3) is 5.69. The number of piperidine rings is 1. The largest absolute Gasteiger partial charge is 0.380 e. The van der Waals surface area contributed by atoms with Gasteiger partial charge in [0.25, 0.3) is 17.7 Å². The maximum absolute atomic E-state index is 13.3. The average molecular weight is 582 g/mol. The minimum Gasteiger partial charge on any atom is -0.380 e. The molecule has 12 nitrogen and oxygen atoms in total. The molecule has 220 valence electrons. The number of carbonyl (C=O) groups is 5. The van der Waals surface area contributed by atoms with E-state index in [0.717, 1.165) is 48.9 Å². The normalized spacial score (nSPS) is 18.9. The number of fused-ring (bicyclic) bond motifs is 1. The summed E-state index contributed by atoms with van der Waals surface area (Å²) in [7, 11) is 0. The molecule has 1 aromatic heterocycles. The van der Waals surface area contributed by atoms with Gasteiger partial charge in [-0.15, -0.1) is 0 Å². The van der Waals surface area contributed by atoms with Crippen LogP contribution in [0.3, 0.4) is 0 Å². The summed E-state index contributed by atoms with van der Waals surface area (Å²) in [5.41, 5.74) is 9.72. The minimum atomic E-state index is -1.000. The number of carbonyl (C=O) groups excluding carboxylic acids is 5. The van der Waals surface area contributed by atoms with Crippen molar-refractivity contribution in [1.82, 2.24) is 20.1 Å². The topological polar surface area (TPSA) is 158 Å². The number of hydrogen-bond acceptors (Lipinski definition) is 9. The molecule has 0 unspecified atom stereocenters. The standard InChI is InChI=1S/C31H31N7O5/c32-28(40)24-9-8-21(17-34-24)37-14-12-36(13-15-37)18-20-6-4-19(5-7-20)16-33-23-3-1-2-22-27(23)31(43)38(30(22)42)25-10-11-26(39)35-29(25)41/h1-9,17,25,33H,10-16,18H2,(H2,32,40)(H,35,39,41)/t25-/m0/s1. The van der Waals surface area contributed by atoms with E-state index < -0.39 is 35.6 Å². The van der Waals surface area contributed by atoms with Crippen LogP contribution in [0, 0.1) is 0 Å². The number of primary amides is 1. The fourth-order valence-electron chi connectivity index (χ4n) is 5.76. The van der Waals surface area contributed by atoms with Crippen LogP contribution in [0.2, 0.25) is 0 Å². The first-order valence-corrected chi connectivity index (χ1v) is 14.2. The van der Waals surface area contributed by atoms with Gasteiger partial charge in [-0.25, -0.2) is 4.98 Å². The molecule has 6 rings (SSSR count). The molecule has 5 amide bonds. The highest BCUT2D eigenvalue weighted by Gasteiger charge is 2.45. The zero-order valence-electron chi connectivity index (χ0n) is 23.4. The SMILES string of the molecule is NC(=O)c1ccc(N2CCN(Cc3ccc(CNc4cccc5c4C(=O)N([C@H]4CCC(=O)NC4=O)C5=O)cc3)CC2)cn1. The van der Waals surface area contributed by atoms with Crippen molar-refractivity contribution in [2.24, 2.45) is 5.73 Å². The first kappa shape index (κ1) is 28.0. The summed E-state index contributed by atoms with van der Waals surface area (Å²) in [6.07, 6.45) is 1.88. The van der Waals surface area contributed by atoms with Gasteiger partial charge in [-0.2, -0.15) is 0 Å². The molecular formula is C31H31N7O5. The van der Waals surface area contributed by atoms with E-state index in [0.29, 0.717) is 12.2 Å². The van der Waals surface area contributed by atoms with Crippen LogP contribution in [0.15, 0.2) is 60.8 Å². The Kier molecular flexibility index (Phi) is 7.59. The van der Waals surface area contributed by atoms with Gasteiger partial charge in [-0.05, 0) is 41.8 Å². The Labute approximate surface area is 247 Å². The minimum absolute atomic E-state index is 0.0763. The fraction of sp³-hybridized carbons (Fsp3) is 0.290. The first-order chi connectivity index (χ1) is 20.8. The van der Waals surface area contributed by atoms with Gasteiger partial charge in [0.15, 0.2) is 0 Å². The van der Waals surface area contributed by atoms with Crippen LogP contribution < -0.4 is 21.3 Å². The van der Waals surface area contributed by atoms with Gasteiger partial charge in [0.2, 0.25) is 11.8 Å². The molecule has 2 fully saturated rings. The Morgan fingerprint density at radius 3 is 2.35 bits per heavy atom. The van der Waals surface area contributed by atoms with Crippen LogP contribution in [0.25, 0.3) is 0 Å². The number of piperazine rings is 1. The van der Waals surface area contributed by atoms with Gasteiger partial charge in [0.05, 0.1) is 23.0 Å². The van der Waals surface area contributed by atoms with Crippen molar-refractivity contribution < 1.29 is 24.0 Å². The molecule has 4 N–H and O–H groups in total. The smallest absolute Gasteiger partial charge is 0.267 e.